The van der Waals surface area contributed by atoms with Crippen LogP contribution in [0, 0.1) is 18.3 Å². The van der Waals surface area contributed by atoms with E-state index in [-0.39, 0.29) is 5.91 Å². The summed E-state index contributed by atoms with van der Waals surface area (Å²) in [5.41, 5.74) is 3.01. The van der Waals surface area contributed by atoms with Gasteiger partial charge in [0.15, 0.2) is 0 Å². The third-order valence-corrected chi connectivity index (χ3v) is 3.87. The fourth-order valence-corrected chi connectivity index (χ4v) is 2.75. The van der Waals surface area contributed by atoms with E-state index in [0.717, 1.165) is 11.8 Å². The van der Waals surface area contributed by atoms with Crippen molar-refractivity contribution in [2.24, 2.45) is 0 Å². The van der Waals surface area contributed by atoms with Gasteiger partial charge in [0.2, 0.25) is 10.0 Å². The zero-order chi connectivity index (χ0) is 17.7. The largest absolute Gasteiger partial charge is 0.322 e. The van der Waals surface area contributed by atoms with Gasteiger partial charge in [-0.05, 0) is 48.4 Å². The van der Waals surface area contributed by atoms with Gasteiger partial charge in [0, 0.05) is 11.3 Å². The molecule has 0 spiro atoms. The van der Waals surface area contributed by atoms with E-state index in [4.69, 9.17) is 5.26 Å². The Balaban J connectivity index is 2.12. The number of carbonyl (C=O) groups excluding carboxylic acids is 1. The maximum atomic E-state index is 12.3. The fourth-order valence-electron chi connectivity index (χ4n) is 2.12. The minimum absolute atomic E-state index is 0.294. The highest BCUT2D eigenvalue weighted by Crippen LogP contribution is 2.19. The lowest BCUT2D eigenvalue weighted by Crippen LogP contribution is -2.14. The zero-order valence-corrected chi connectivity index (χ0v) is 14.1. The van der Waals surface area contributed by atoms with E-state index in [1.807, 2.05) is 0 Å². The summed E-state index contributed by atoms with van der Waals surface area (Å²) < 4.78 is 25.0. The first kappa shape index (κ1) is 17.5. The summed E-state index contributed by atoms with van der Waals surface area (Å²) in [5.74, 6) is -0.294. The predicted octanol–water partition coefficient (Wildman–Crippen LogP) is 2.68. The average Bonchev–Trinajstić information content (AvgIpc) is 2.50. The van der Waals surface area contributed by atoms with Crippen molar-refractivity contribution in [2.45, 2.75) is 13.3 Å². The summed E-state index contributed by atoms with van der Waals surface area (Å²) in [5, 5.41) is 11.4. The molecule has 0 fully saturated rings. The highest BCUT2D eigenvalue weighted by atomic mass is 32.2. The van der Waals surface area contributed by atoms with Crippen LogP contribution in [-0.2, 0) is 16.4 Å². The number of aryl methyl sites for hydroxylation is 1. The van der Waals surface area contributed by atoms with Crippen molar-refractivity contribution >= 4 is 27.3 Å². The van der Waals surface area contributed by atoms with Crippen molar-refractivity contribution in [3.63, 3.8) is 0 Å². The molecule has 6 nitrogen and oxygen atoms in total. The van der Waals surface area contributed by atoms with E-state index in [0.29, 0.717) is 28.9 Å². The van der Waals surface area contributed by atoms with Crippen molar-refractivity contribution in [1.29, 1.82) is 5.26 Å². The molecule has 0 radical (unpaired) electrons. The van der Waals surface area contributed by atoms with Crippen LogP contribution in [0.25, 0.3) is 0 Å². The van der Waals surface area contributed by atoms with Gasteiger partial charge in [0.05, 0.1) is 24.4 Å². The van der Waals surface area contributed by atoms with Gasteiger partial charge in [0.25, 0.3) is 5.91 Å². The highest BCUT2D eigenvalue weighted by molar-refractivity contribution is 7.92. The summed E-state index contributed by atoms with van der Waals surface area (Å²) in [6.07, 6.45) is 1.39. The van der Waals surface area contributed by atoms with Crippen molar-refractivity contribution in [1.82, 2.24) is 0 Å². The lowest BCUT2D eigenvalue weighted by atomic mass is 10.1. The number of nitrogens with zero attached hydrogens (tertiary/aromatic N) is 1. The molecule has 2 aromatic rings. The molecule has 124 valence electrons. The second-order valence-corrected chi connectivity index (χ2v) is 7.14. The highest BCUT2D eigenvalue weighted by Gasteiger charge is 2.10. The van der Waals surface area contributed by atoms with Crippen LogP contribution in [0.15, 0.2) is 42.5 Å². The van der Waals surface area contributed by atoms with Gasteiger partial charge in [-0.25, -0.2) is 8.42 Å². The van der Waals surface area contributed by atoms with Crippen LogP contribution in [0.1, 0.15) is 21.5 Å². The number of benzene rings is 2. The SMILES string of the molecule is Cc1cc(C(=O)Nc2ccc(CC#N)cc2)ccc1NS(C)(=O)=O. The number of rotatable bonds is 5. The summed E-state index contributed by atoms with van der Waals surface area (Å²) >= 11 is 0. The normalized spacial score (nSPS) is 10.7. The van der Waals surface area contributed by atoms with Crippen LogP contribution in [0.4, 0.5) is 11.4 Å². The van der Waals surface area contributed by atoms with E-state index in [2.05, 4.69) is 16.1 Å². The van der Waals surface area contributed by atoms with E-state index >= 15 is 0 Å². The quantitative estimate of drug-likeness (QED) is 0.872. The molecule has 2 N–H and O–H groups in total. The van der Waals surface area contributed by atoms with Gasteiger partial charge in [-0.2, -0.15) is 5.26 Å². The summed E-state index contributed by atoms with van der Waals surface area (Å²) in [6, 6.07) is 13.8. The first-order chi connectivity index (χ1) is 11.3. The Labute approximate surface area is 141 Å². The van der Waals surface area contributed by atoms with Gasteiger partial charge >= 0.3 is 0 Å². The second kappa shape index (κ2) is 7.15. The maximum Gasteiger partial charge on any atom is 0.255 e. The number of hydrogen-bond donors (Lipinski definition) is 2. The minimum Gasteiger partial charge on any atom is -0.322 e. The molecule has 2 aromatic carbocycles. The smallest absolute Gasteiger partial charge is 0.255 e. The van der Waals surface area contributed by atoms with E-state index in [1.165, 1.54) is 0 Å². The number of hydrogen-bond acceptors (Lipinski definition) is 4. The molecule has 0 heterocycles. The molecule has 0 atom stereocenters. The monoisotopic (exact) mass is 343 g/mol. The molecule has 1 amide bonds. The van der Waals surface area contributed by atoms with Crippen LogP contribution in [0.3, 0.4) is 0 Å². The van der Waals surface area contributed by atoms with E-state index in [9.17, 15) is 13.2 Å². The maximum absolute atomic E-state index is 12.3. The first-order valence-corrected chi connectivity index (χ1v) is 9.03. The molecular weight excluding hydrogens is 326 g/mol. The van der Waals surface area contributed by atoms with Gasteiger partial charge in [-0.3, -0.25) is 9.52 Å². The number of nitrogens with one attached hydrogen (secondary N) is 2. The molecule has 0 aliphatic rings. The van der Waals surface area contributed by atoms with Crippen LogP contribution in [-0.4, -0.2) is 20.6 Å². The Morgan fingerprint density at radius 3 is 2.38 bits per heavy atom. The molecule has 0 bridgehead atoms. The lowest BCUT2D eigenvalue weighted by molar-refractivity contribution is 0.102. The summed E-state index contributed by atoms with van der Waals surface area (Å²) in [4.78, 5) is 12.3. The molecule has 0 aliphatic carbocycles. The zero-order valence-electron chi connectivity index (χ0n) is 13.3. The van der Waals surface area contributed by atoms with Gasteiger partial charge in [0.1, 0.15) is 0 Å². The molecule has 0 unspecified atom stereocenters. The van der Waals surface area contributed by atoms with Crippen LogP contribution in [0.2, 0.25) is 0 Å². The van der Waals surface area contributed by atoms with Crippen molar-refractivity contribution < 1.29 is 13.2 Å². The molecule has 0 saturated heterocycles. The van der Waals surface area contributed by atoms with Gasteiger partial charge in [-0.1, -0.05) is 12.1 Å². The van der Waals surface area contributed by atoms with Gasteiger partial charge < -0.3 is 5.32 Å². The van der Waals surface area contributed by atoms with Crippen molar-refractivity contribution in [3.8, 4) is 6.07 Å². The minimum atomic E-state index is -3.36. The average molecular weight is 343 g/mol. The van der Waals surface area contributed by atoms with Crippen molar-refractivity contribution in [2.75, 3.05) is 16.3 Å². The van der Waals surface area contributed by atoms with Crippen LogP contribution < -0.4 is 10.0 Å². The Morgan fingerprint density at radius 1 is 1.17 bits per heavy atom. The standard InChI is InChI=1S/C17H17N3O3S/c1-12-11-14(5-8-16(12)20-24(2,22)23)17(21)19-15-6-3-13(4-7-15)9-10-18/h3-8,11,20H,9H2,1-2H3,(H,19,21). The Kier molecular flexibility index (Phi) is 5.21. The third kappa shape index (κ3) is 4.83. The predicted molar refractivity (Wildman–Crippen MR) is 93.4 cm³/mol. The summed E-state index contributed by atoms with van der Waals surface area (Å²) in [7, 11) is -3.36. The number of amides is 1. The molecule has 2 rings (SSSR count). The molecule has 0 aliphatic heterocycles. The van der Waals surface area contributed by atoms with Crippen LogP contribution >= 0.6 is 0 Å². The Bertz CT molecular complexity index is 898. The Hall–Kier alpha value is -2.85. The molecule has 0 aromatic heterocycles. The van der Waals surface area contributed by atoms with E-state index < -0.39 is 10.0 Å². The Morgan fingerprint density at radius 2 is 1.83 bits per heavy atom. The molecule has 24 heavy (non-hydrogen) atoms. The summed E-state index contributed by atoms with van der Waals surface area (Å²) in [6.45, 7) is 1.72. The molecule has 0 saturated carbocycles. The number of anilines is 2. The third-order valence-electron chi connectivity index (χ3n) is 3.28. The number of carbonyl (C=O) groups is 1. The fraction of sp³-hybridized carbons (Fsp3) is 0.176. The first-order valence-electron chi connectivity index (χ1n) is 7.14. The number of sulfonamides is 1. The molecular formula is C17H17N3O3S. The topological polar surface area (TPSA) is 99.1 Å². The second-order valence-electron chi connectivity index (χ2n) is 5.39. The van der Waals surface area contributed by atoms with Gasteiger partial charge in [-0.15, -0.1) is 0 Å². The van der Waals surface area contributed by atoms with Crippen molar-refractivity contribution in [3.05, 3.63) is 59.2 Å². The van der Waals surface area contributed by atoms with E-state index in [1.54, 1.807) is 49.4 Å². The number of nitriles is 1. The molecule has 7 heteroatoms. The lowest BCUT2D eigenvalue weighted by Gasteiger charge is -2.10. The van der Waals surface area contributed by atoms with Crippen LogP contribution in [0.5, 0.6) is 0 Å².